The molecule has 8 nitrogen and oxygen atoms in total. The van der Waals surface area contributed by atoms with E-state index < -0.39 is 11.6 Å². The van der Waals surface area contributed by atoms with Crippen LogP contribution in [0.2, 0.25) is 0 Å². The molecule has 2 aromatic rings. The Morgan fingerprint density at radius 3 is 2.24 bits per heavy atom. The average molecular weight is 510 g/mol. The number of methoxy groups -OCH3 is 1. The van der Waals surface area contributed by atoms with E-state index in [9.17, 15) is 14.4 Å². The second-order valence-electron chi connectivity index (χ2n) is 11.4. The molecule has 1 fully saturated rings. The summed E-state index contributed by atoms with van der Waals surface area (Å²) in [7, 11) is 1.33. The number of hydrogen-bond acceptors (Lipinski definition) is 6. The summed E-state index contributed by atoms with van der Waals surface area (Å²) < 4.78 is 10.5. The fraction of sp³-hybridized carbons (Fsp3) is 0.483. The number of nitrogens with one attached hydrogen (secondary N) is 2. The minimum absolute atomic E-state index is 0.00250. The number of carbonyl (C=O) groups is 3. The maximum absolute atomic E-state index is 12.9. The molecule has 0 aromatic heterocycles. The van der Waals surface area contributed by atoms with Gasteiger partial charge in [-0.15, -0.1) is 0 Å². The van der Waals surface area contributed by atoms with Crippen LogP contribution in [0.15, 0.2) is 42.5 Å². The molecule has 200 valence electrons. The molecule has 2 N–H and O–H groups in total. The van der Waals surface area contributed by atoms with Gasteiger partial charge in [-0.3, -0.25) is 4.79 Å². The Kier molecular flexibility index (Phi) is 8.51. The summed E-state index contributed by atoms with van der Waals surface area (Å²) in [6.07, 6.45) is 1.26. The summed E-state index contributed by atoms with van der Waals surface area (Å²) >= 11 is 0. The first-order valence-corrected chi connectivity index (χ1v) is 12.7. The molecular formula is C29H39N3O5. The molecule has 0 saturated carbocycles. The van der Waals surface area contributed by atoms with Gasteiger partial charge >= 0.3 is 12.1 Å². The van der Waals surface area contributed by atoms with Crippen molar-refractivity contribution in [1.29, 1.82) is 0 Å². The summed E-state index contributed by atoms with van der Waals surface area (Å²) in [6, 6.07) is 12.5. The van der Waals surface area contributed by atoms with Crippen molar-refractivity contribution in [2.75, 3.05) is 30.8 Å². The van der Waals surface area contributed by atoms with Crippen molar-refractivity contribution in [2.45, 2.75) is 71.4 Å². The van der Waals surface area contributed by atoms with Crippen LogP contribution in [0.4, 0.5) is 16.2 Å². The largest absolute Gasteiger partial charge is 0.465 e. The van der Waals surface area contributed by atoms with E-state index in [4.69, 9.17) is 9.47 Å². The third-order valence-corrected chi connectivity index (χ3v) is 6.13. The van der Waals surface area contributed by atoms with E-state index in [1.807, 2.05) is 45.0 Å². The molecule has 1 saturated heterocycles. The van der Waals surface area contributed by atoms with Gasteiger partial charge in [0.2, 0.25) is 0 Å². The van der Waals surface area contributed by atoms with E-state index in [1.54, 1.807) is 23.1 Å². The predicted octanol–water partition coefficient (Wildman–Crippen LogP) is 5.83. The van der Waals surface area contributed by atoms with Crippen LogP contribution in [0.1, 0.15) is 80.7 Å². The summed E-state index contributed by atoms with van der Waals surface area (Å²) in [5, 5.41) is 6.30. The monoisotopic (exact) mass is 509 g/mol. The van der Waals surface area contributed by atoms with Crippen LogP contribution >= 0.6 is 0 Å². The Labute approximate surface area is 219 Å². The molecule has 0 spiro atoms. The zero-order valence-corrected chi connectivity index (χ0v) is 22.9. The first kappa shape index (κ1) is 28.0. The molecule has 8 heteroatoms. The highest BCUT2D eigenvalue weighted by molar-refractivity contribution is 6.05. The van der Waals surface area contributed by atoms with Gasteiger partial charge in [-0.1, -0.05) is 32.9 Å². The van der Waals surface area contributed by atoms with Crippen molar-refractivity contribution >= 4 is 29.3 Å². The van der Waals surface area contributed by atoms with Gasteiger partial charge in [0.1, 0.15) is 5.60 Å². The smallest absolute Gasteiger partial charge is 0.410 e. The zero-order chi connectivity index (χ0) is 27.4. The van der Waals surface area contributed by atoms with E-state index >= 15 is 0 Å². The van der Waals surface area contributed by atoms with Gasteiger partial charge in [-0.05, 0) is 74.9 Å². The highest BCUT2D eigenvalue weighted by atomic mass is 16.6. The minimum Gasteiger partial charge on any atom is -0.465 e. The molecule has 0 bridgehead atoms. The van der Waals surface area contributed by atoms with Gasteiger partial charge in [0.05, 0.1) is 18.4 Å². The third kappa shape index (κ3) is 7.71. The van der Waals surface area contributed by atoms with Crippen LogP contribution in [0.5, 0.6) is 0 Å². The van der Waals surface area contributed by atoms with E-state index in [2.05, 4.69) is 31.4 Å². The number of ether oxygens (including phenoxy) is 2. The molecule has 37 heavy (non-hydrogen) atoms. The molecule has 1 atom stereocenters. The Morgan fingerprint density at radius 2 is 1.65 bits per heavy atom. The van der Waals surface area contributed by atoms with E-state index in [0.29, 0.717) is 35.6 Å². The van der Waals surface area contributed by atoms with Crippen LogP contribution in [-0.2, 0) is 14.9 Å². The maximum atomic E-state index is 12.9. The van der Waals surface area contributed by atoms with E-state index in [0.717, 1.165) is 18.4 Å². The minimum atomic E-state index is -0.574. The average Bonchev–Trinajstić information content (AvgIpc) is 2.82. The van der Waals surface area contributed by atoms with Crippen molar-refractivity contribution in [1.82, 2.24) is 4.90 Å². The highest BCUT2D eigenvalue weighted by Gasteiger charge is 2.28. The Hall–Kier alpha value is -3.55. The third-order valence-electron chi connectivity index (χ3n) is 6.13. The molecule has 0 aliphatic carbocycles. The molecule has 1 heterocycles. The van der Waals surface area contributed by atoms with Gasteiger partial charge in [-0.25, -0.2) is 9.59 Å². The Balaban J connectivity index is 1.77. The second-order valence-corrected chi connectivity index (χ2v) is 11.4. The number of anilines is 2. The highest BCUT2D eigenvalue weighted by Crippen LogP contribution is 2.27. The van der Waals surface area contributed by atoms with E-state index in [1.165, 1.54) is 7.11 Å². The fourth-order valence-electron chi connectivity index (χ4n) is 4.16. The summed E-state index contributed by atoms with van der Waals surface area (Å²) in [5.41, 5.74) is 2.53. The number of benzene rings is 2. The molecular weight excluding hydrogens is 470 g/mol. The number of hydrogen-bond donors (Lipinski definition) is 2. The normalized spacial score (nSPS) is 16.1. The first-order valence-electron chi connectivity index (χ1n) is 12.7. The van der Waals surface area contributed by atoms with Crippen molar-refractivity contribution in [3.8, 4) is 0 Å². The molecule has 0 radical (unpaired) electrons. The zero-order valence-electron chi connectivity index (χ0n) is 22.9. The lowest BCUT2D eigenvalue weighted by molar-refractivity contribution is 0.0205. The fourth-order valence-corrected chi connectivity index (χ4v) is 4.16. The lowest BCUT2D eigenvalue weighted by atomic mass is 9.87. The Bertz CT molecular complexity index is 1130. The molecule has 1 unspecified atom stereocenters. The van der Waals surface area contributed by atoms with Crippen LogP contribution in [-0.4, -0.2) is 54.7 Å². The quantitative estimate of drug-likeness (QED) is 0.492. The molecule has 2 aromatic carbocycles. The number of nitrogens with zero attached hydrogens (tertiary/aromatic N) is 1. The van der Waals surface area contributed by atoms with Gasteiger partial charge in [0, 0.05) is 30.4 Å². The standard InChI is InChI=1S/C29H39N3O5/c1-28(2,3)20-12-10-19(11-13-20)25(33)31-21-14-15-23(26(34)36-7)24(17-21)30-22-9-8-16-32(18-22)27(35)37-29(4,5)6/h10-15,17,22,30H,8-9,16,18H2,1-7H3,(H,31,33). The summed E-state index contributed by atoms with van der Waals surface area (Å²) in [6.45, 7) is 12.9. The molecule has 2 amide bonds. The van der Waals surface area contributed by atoms with E-state index in [-0.39, 0.29) is 23.5 Å². The van der Waals surface area contributed by atoms with Crippen LogP contribution in [0.3, 0.4) is 0 Å². The lowest BCUT2D eigenvalue weighted by Gasteiger charge is -2.35. The second kappa shape index (κ2) is 11.2. The lowest BCUT2D eigenvalue weighted by Crippen LogP contribution is -2.47. The first-order chi connectivity index (χ1) is 17.3. The van der Waals surface area contributed by atoms with Gasteiger partial charge in [0.25, 0.3) is 5.91 Å². The van der Waals surface area contributed by atoms with Crippen LogP contribution in [0.25, 0.3) is 0 Å². The maximum Gasteiger partial charge on any atom is 0.410 e. The SMILES string of the molecule is COC(=O)c1ccc(NC(=O)c2ccc(C(C)(C)C)cc2)cc1NC1CCCN(C(=O)OC(C)(C)C)C1. The van der Waals surface area contributed by atoms with Crippen molar-refractivity contribution in [3.63, 3.8) is 0 Å². The number of carbonyl (C=O) groups excluding carboxylic acids is 3. The van der Waals surface area contributed by atoms with Crippen LogP contribution in [0, 0.1) is 0 Å². The van der Waals surface area contributed by atoms with Gasteiger partial charge < -0.3 is 25.0 Å². The predicted molar refractivity (Wildman–Crippen MR) is 145 cm³/mol. The Morgan fingerprint density at radius 1 is 0.973 bits per heavy atom. The van der Waals surface area contributed by atoms with Crippen molar-refractivity contribution in [3.05, 3.63) is 59.2 Å². The number of likely N-dealkylation sites (tertiary alicyclic amines) is 1. The van der Waals surface area contributed by atoms with Gasteiger partial charge in [0.15, 0.2) is 0 Å². The molecule has 3 rings (SSSR count). The number of amides is 2. The van der Waals surface area contributed by atoms with Gasteiger partial charge in [-0.2, -0.15) is 0 Å². The van der Waals surface area contributed by atoms with Crippen molar-refractivity contribution in [2.24, 2.45) is 0 Å². The molecule has 1 aliphatic heterocycles. The number of rotatable bonds is 5. The topological polar surface area (TPSA) is 97.0 Å². The summed E-state index contributed by atoms with van der Waals surface area (Å²) in [4.78, 5) is 39.6. The molecule has 1 aliphatic rings. The van der Waals surface area contributed by atoms with Crippen LogP contribution < -0.4 is 10.6 Å². The number of esters is 1. The van der Waals surface area contributed by atoms with Crippen molar-refractivity contribution < 1.29 is 23.9 Å². The summed E-state index contributed by atoms with van der Waals surface area (Å²) in [5.74, 6) is -0.732. The number of piperidine rings is 1.